The molecular weight excluding hydrogens is 520 g/mol. The zero-order valence-electron chi connectivity index (χ0n) is 24.3. The molecule has 2 nitrogen and oxygen atoms in total. The minimum atomic E-state index is 1.00. The zero-order valence-corrected chi connectivity index (χ0v) is 24.3. The first-order valence-corrected chi connectivity index (χ1v) is 15.1. The van der Waals surface area contributed by atoms with Gasteiger partial charge in [0.25, 0.3) is 0 Å². The Bertz CT molecular complexity index is 2240. The Morgan fingerprint density at radius 1 is 0.698 bits per heavy atom. The summed E-state index contributed by atoms with van der Waals surface area (Å²) in [6.45, 7) is 6.14. The number of aromatic nitrogens is 2. The van der Waals surface area contributed by atoms with Crippen LogP contribution in [0.1, 0.15) is 18.1 Å². The molecule has 0 radical (unpaired) electrons. The average Bonchev–Trinajstić information content (AvgIpc) is 3.58. The third-order valence-corrected chi connectivity index (χ3v) is 8.90. The highest BCUT2D eigenvalue weighted by atomic mass is 15.0. The van der Waals surface area contributed by atoms with E-state index in [-0.39, 0.29) is 0 Å². The summed E-state index contributed by atoms with van der Waals surface area (Å²) in [6, 6.07) is 42.0. The summed E-state index contributed by atoms with van der Waals surface area (Å²) in [5, 5.41) is 3.90. The Balaban J connectivity index is 1.51. The van der Waals surface area contributed by atoms with E-state index >= 15 is 0 Å². The van der Waals surface area contributed by atoms with Crippen molar-refractivity contribution in [2.24, 2.45) is 0 Å². The third kappa shape index (κ3) is 3.87. The van der Waals surface area contributed by atoms with Gasteiger partial charge in [-0.1, -0.05) is 110 Å². The number of fused-ring (bicyclic) bond motifs is 9. The maximum Gasteiger partial charge on any atom is 0.0638 e. The Labute approximate surface area is 252 Å². The van der Waals surface area contributed by atoms with Crippen LogP contribution in [-0.2, 0) is 12.8 Å². The topological polar surface area (TPSA) is 9.86 Å². The van der Waals surface area contributed by atoms with Crippen molar-refractivity contribution in [3.8, 4) is 28.1 Å². The van der Waals surface area contributed by atoms with E-state index in [4.69, 9.17) is 0 Å². The summed E-state index contributed by atoms with van der Waals surface area (Å²) in [7, 11) is 0. The van der Waals surface area contributed by atoms with E-state index in [0.29, 0.717) is 0 Å². The van der Waals surface area contributed by atoms with Gasteiger partial charge >= 0.3 is 0 Å². The number of hydrogen-bond donors (Lipinski definition) is 0. The normalized spacial score (nSPS) is 13.2. The highest BCUT2D eigenvalue weighted by molar-refractivity contribution is 6.21. The van der Waals surface area contributed by atoms with Crippen LogP contribution >= 0.6 is 0 Å². The van der Waals surface area contributed by atoms with Crippen LogP contribution in [0.4, 0.5) is 0 Å². The molecule has 2 heterocycles. The Kier molecular flexibility index (Phi) is 6.01. The fourth-order valence-electron chi connectivity index (χ4n) is 7.13. The molecule has 8 rings (SSSR count). The molecule has 2 heteroatoms. The molecular formula is C41H32N2. The van der Waals surface area contributed by atoms with Crippen molar-refractivity contribution in [3.05, 3.63) is 157 Å². The SMILES string of the molecule is C=C/C=C(\C=C/C)n1c2c(c3c1ccc1c4ccccc4n(-c4ccc(-c5ccccc5)cc4)c13)CCc1ccccc1-2. The van der Waals surface area contributed by atoms with Crippen molar-refractivity contribution in [1.82, 2.24) is 9.13 Å². The maximum atomic E-state index is 4.06. The fraction of sp³-hybridized carbons (Fsp3) is 0.0732. The van der Waals surface area contributed by atoms with Gasteiger partial charge in [0.2, 0.25) is 0 Å². The molecule has 206 valence electrons. The molecule has 2 aromatic heterocycles. The number of rotatable bonds is 5. The van der Waals surface area contributed by atoms with Crippen LogP contribution in [0.25, 0.3) is 66.5 Å². The smallest absolute Gasteiger partial charge is 0.0638 e. The van der Waals surface area contributed by atoms with Crippen LogP contribution in [0, 0.1) is 0 Å². The predicted octanol–water partition coefficient (Wildman–Crippen LogP) is 10.8. The van der Waals surface area contributed by atoms with Gasteiger partial charge < -0.3 is 9.13 Å². The van der Waals surface area contributed by atoms with E-state index in [9.17, 15) is 0 Å². The summed E-state index contributed by atoms with van der Waals surface area (Å²) in [5.74, 6) is 0. The minimum Gasteiger partial charge on any atom is -0.309 e. The van der Waals surface area contributed by atoms with Gasteiger partial charge in [0.1, 0.15) is 0 Å². The lowest BCUT2D eigenvalue weighted by molar-refractivity contribution is 0.937. The summed E-state index contributed by atoms with van der Waals surface area (Å²) in [5.41, 5.74) is 13.9. The standard InChI is InChI=1S/C41H32N2/c1-3-12-31(13-4-2)43-38-27-26-35-34-18-10-11-19-37(34)42(32-23-20-29(21-24-32)28-14-6-5-7-15-28)41(35)39(38)36-25-22-30-16-8-9-17-33(30)40(36)43/h3-21,23-24,26-27H,1,22,25H2,2H3/b13-4-,31-12+. The van der Waals surface area contributed by atoms with E-state index < -0.39 is 0 Å². The predicted molar refractivity (Wildman–Crippen MR) is 184 cm³/mol. The van der Waals surface area contributed by atoms with Crippen molar-refractivity contribution in [2.75, 3.05) is 0 Å². The van der Waals surface area contributed by atoms with Crippen LogP contribution in [0.3, 0.4) is 0 Å². The first-order chi connectivity index (χ1) is 21.3. The minimum absolute atomic E-state index is 1.00. The van der Waals surface area contributed by atoms with Gasteiger partial charge in [0, 0.05) is 33.1 Å². The van der Waals surface area contributed by atoms with Crippen molar-refractivity contribution < 1.29 is 0 Å². The van der Waals surface area contributed by atoms with Gasteiger partial charge in [-0.25, -0.2) is 0 Å². The Morgan fingerprint density at radius 2 is 1.44 bits per heavy atom. The fourth-order valence-corrected chi connectivity index (χ4v) is 7.13. The highest BCUT2D eigenvalue weighted by Gasteiger charge is 2.28. The second kappa shape index (κ2) is 10.2. The average molecular weight is 553 g/mol. The van der Waals surface area contributed by atoms with Crippen molar-refractivity contribution in [3.63, 3.8) is 0 Å². The first-order valence-electron chi connectivity index (χ1n) is 15.1. The van der Waals surface area contributed by atoms with Crippen molar-refractivity contribution in [2.45, 2.75) is 19.8 Å². The molecule has 1 aliphatic carbocycles. The van der Waals surface area contributed by atoms with E-state index in [1.54, 1.807) is 0 Å². The molecule has 0 N–H and O–H groups in total. The molecule has 0 bridgehead atoms. The van der Waals surface area contributed by atoms with Crippen LogP contribution in [0.15, 0.2) is 146 Å². The molecule has 0 aliphatic heterocycles. The lowest BCUT2D eigenvalue weighted by Crippen LogP contribution is -2.06. The largest absolute Gasteiger partial charge is 0.309 e. The second-order valence-corrected chi connectivity index (χ2v) is 11.3. The summed E-state index contributed by atoms with van der Waals surface area (Å²) < 4.78 is 4.95. The Morgan fingerprint density at radius 3 is 2.26 bits per heavy atom. The number of benzene rings is 5. The number of para-hydroxylation sites is 1. The summed E-state index contributed by atoms with van der Waals surface area (Å²) in [4.78, 5) is 0. The van der Waals surface area contributed by atoms with E-state index in [1.165, 1.54) is 71.9 Å². The molecule has 0 saturated heterocycles. The first kappa shape index (κ1) is 25.4. The number of aryl methyl sites for hydroxylation is 2. The van der Waals surface area contributed by atoms with Gasteiger partial charge in [-0.3, -0.25) is 0 Å². The van der Waals surface area contributed by atoms with Gasteiger partial charge in [0.15, 0.2) is 0 Å². The van der Waals surface area contributed by atoms with Crippen molar-refractivity contribution in [1.29, 1.82) is 0 Å². The van der Waals surface area contributed by atoms with Crippen LogP contribution in [0.2, 0.25) is 0 Å². The molecule has 0 fully saturated rings. The van der Waals surface area contributed by atoms with Crippen LogP contribution < -0.4 is 0 Å². The van der Waals surface area contributed by atoms with Gasteiger partial charge in [-0.05, 0) is 78.4 Å². The Hall–Kier alpha value is -5.34. The molecule has 1 aliphatic rings. The molecule has 0 unspecified atom stereocenters. The van der Waals surface area contributed by atoms with E-state index in [2.05, 4.69) is 156 Å². The quantitative estimate of drug-likeness (QED) is 0.188. The lowest BCUT2D eigenvalue weighted by atomic mass is 9.88. The maximum absolute atomic E-state index is 4.06. The number of nitrogens with zero attached hydrogens (tertiary/aromatic N) is 2. The summed E-state index contributed by atoms with van der Waals surface area (Å²) >= 11 is 0. The zero-order chi connectivity index (χ0) is 28.9. The molecule has 43 heavy (non-hydrogen) atoms. The second-order valence-electron chi connectivity index (χ2n) is 11.3. The molecule has 5 aromatic carbocycles. The number of allylic oxidation sites excluding steroid dienone is 5. The summed E-state index contributed by atoms with van der Waals surface area (Å²) in [6.07, 6.45) is 10.4. The van der Waals surface area contributed by atoms with Gasteiger partial charge in [-0.15, -0.1) is 0 Å². The van der Waals surface area contributed by atoms with Crippen LogP contribution in [-0.4, -0.2) is 9.13 Å². The van der Waals surface area contributed by atoms with E-state index in [0.717, 1.165) is 18.5 Å². The monoisotopic (exact) mass is 552 g/mol. The molecule has 0 amide bonds. The van der Waals surface area contributed by atoms with E-state index in [1.807, 2.05) is 6.08 Å². The van der Waals surface area contributed by atoms with Gasteiger partial charge in [0.05, 0.1) is 22.2 Å². The number of hydrogen-bond acceptors (Lipinski definition) is 0. The molecule has 7 aromatic rings. The highest BCUT2D eigenvalue weighted by Crippen LogP contribution is 2.46. The molecule has 0 spiro atoms. The lowest BCUT2D eigenvalue weighted by Gasteiger charge is -2.20. The molecule has 0 atom stereocenters. The van der Waals surface area contributed by atoms with Crippen molar-refractivity contribution >= 4 is 38.4 Å². The molecule has 0 saturated carbocycles. The van der Waals surface area contributed by atoms with Gasteiger partial charge in [-0.2, -0.15) is 0 Å². The van der Waals surface area contributed by atoms with Crippen LogP contribution in [0.5, 0.6) is 0 Å². The third-order valence-electron chi connectivity index (χ3n) is 8.90.